The third kappa shape index (κ3) is 6.06. The first-order valence-electron chi connectivity index (χ1n) is 10.9. The molecule has 0 radical (unpaired) electrons. The van der Waals surface area contributed by atoms with Crippen LogP contribution in [0.2, 0.25) is 0 Å². The summed E-state index contributed by atoms with van der Waals surface area (Å²) in [5.74, 6) is 1.03. The summed E-state index contributed by atoms with van der Waals surface area (Å²) in [5.41, 5.74) is 1.58. The van der Waals surface area contributed by atoms with E-state index in [1.54, 1.807) is 30.3 Å². The first-order valence-corrected chi connectivity index (χ1v) is 12.4. The van der Waals surface area contributed by atoms with E-state index in [4.69, 9.17) is 14.2 Å². The van der Waals surface area contributed by atoms with E-state index in [1.807, 2.05) is 30.3 Å². The quantitative estimate of drug-likeness (QED) is 0.507. The lowest BCUT2D eigenvalue weighted by molar-refractivity contribution is -0.117. The average molecular weight is 483 g/mol. The molecule has 2 N–H and O–H groups in total. The van der Waals surface area contributed by atoms with Gasteiger partial charge in [-0.05, 0) is 48.9 Å². The van der Waals surface area contributed by atoms with Crippen molar-refractivity contribution in [1.29, 1.82) is 0 Å². The van der Waals surface area contributed by atoms with Crippen molar-refractivity contribution in [2.45, 2.75) is 30.9 Å². The van der Waals surface area contributed by atoms with Crippen molar-refractivity contribution in [2.75, 3.05) is 18.5 Å². The molecular formula is C25H26N2O6S. The second kappa shape index (κ2) is 10.6. The van der Waals surface area contributed by atoms with Crippen LogP contribution < -0.4 is 24.2 Å². The van der Waals surface area contributed by atoms with Gasteiger partial charge in [-0.25, -0.2) is 8.42 Å². The standard InChI is InChI=1S/C25H26N2O6S/c1-18(27-34(29,30)22-12-13-23-24(16-22)32-15-5-14-31-23)25(28)26-20-8-10-21(11-9-20)33-17-19-6-3-2-4-7-19/h2-4,6-13,16,18,27H,5,14-15,17H2,1H3,(H,26,28)/t18-/m0/s1. The Morgan fingerprint density at radius 3 is 2.41 bits per heavy atom. The van der Waals surface area contributed by atoms with Crippen LogP contribution in [0.3, 0.4) is 0 Å². The summed E-state index contributed by atoms with van der Waals surface area (Å²) in [6, 6.07) is 20.0. The maximum atomic E-state index is 12.8. The fourth-order valence-corrected chi connectivity index (χ4v) is 4.51. The van der Waals surface area contributed by atoms with E-state index < -0.39 is 22.0 Å². The number of benzene rings is 3. The Bertz CT molecular complexity index is 1230. The van der Waals surface area contributed by atoms with Crippen LogP contribution in [0.4, 0.5) is 5.69 Å². The Morgan fingerprint density at radius 1 is 0.971 bits per heavy atom. The summed E-state index contributed by atoms with van der Waals surface area (Å²) in [5, 5.41) is 2.71. The number of amides is 1. The minimum Gasteiger partial charge on any atom is -0.490 e. The summed E-state index contributed by atoms with van der Waals surface area (Å²) >= 11 is 0. The molecule has 1 amide bonds. The second-order valence-corrected chi connectivity index (χ2v) is 9.50. The molecule has 0 aromatic heterocycles. The molecular weight excluding hydrogens is 456 g/mol. The second-order valence-electron chi connectivity index (χ2n) is 7.79. The largest absolute Gasteiger partial charge is 0.490 e. The van der Waals surface area contributed by atoms with Crippen molar-refractivity contribution in [3.05, 3.63) is 78.4 Å². The summed E-state index contributed by atoms with van der Waals surface area (Å²) in [6.45, 7) is 2.87. The summed E-state index contributed by atoms with van der Waals surface area (Å²) in [4.78, 5) is 12.6. The van der Waals surface area contributed by atoms with Gasteiger partial charge in [-0.2, -0.15) is 4.72 Å². The van der Waals surface area contributed by atoms with E-state index >= 15 is 0 Å². The lowest BCUT2D eigenvalue weighted by atomic mass is 10.2. The normalized spacial score (nSPS) is 14.0. The number of sulfonamides is 1. The molecule has 0 fully saturated rings. The molecule has 4 rings (SSSR count). The number of nitrogens with one attached hydrogen (secondary N) is 2. The molecule has 0 unspecified atom stereocenters. The molecule has 3 aromatic rings. The van der Waals surface area contributed by atoms with Gasteiger partial charge in [-0.1, -0.05) is 30.3 Å². The highest BCUT2D eigenvalue weighted by Gasteiger charge is 2.24. The van der Waals surface area contributed by atoms with E-state index in [2.05, 4.69) is 10.0 Å². The summed E-state index contributed by atoms with van der Waals surface area (Å²) < 4.78 is 44.8. The fourth-order valence-electron chi connectivity index (χ4n) is 3.29. The number of anilines is 1. The van der Waals surface area contributed by atoms with Crippen LogP contribution >= 0.6 is 0 Å². The first kappa shape index (κ1) is 23.6. The molecule has 1 heterocycles. The maximum absolute atomic E-state index is 12.8. The Balaban J connectivity index is 1.33. The van der Waals surface area contributed by atoms with Crippen molar-refractivity contribution in [3.63, 3.8) is 0 Å². The molecule has 8 nitrogen and oxygen atoms in total. The molecule has 178 valence electrons. The zero-order valence-electron chi connectivity index (χ0n) is 18.7. The van der Waals surface area contributed by atoms with Crippen LogP contribution in [-0.2, 0) is 21.4 Å². The van der Waals surface area contributed by atoms with E-state index in [9.17, 15) is 13.2 Å². The van der Waals surface area contributed by atoms with Gasteiger partial charge in [0.05, 0.1) is 24.2 Å². The van der Waals surface area contributed by atoms with E-state index in [0.717, 1.165) is 5.56 Å². The molecule has 0 saturated heterocycles. The Hall–Kier alpha value is -3.56. The smallest absolute Gasteiger partial charge is 0.242 e. The molecule has 0 bridgehead atoms. The zero-order chi connectivity index (χ0) is 24.0. The molecule has 3 aromatic carbocycles. The van der Waals surface area contributed by atoms with Gasteiger partial charge in [0.25, 0.3) is 0 Å². The number of hydrogen-bond acceptors (Lipinski definition) is 6. The van der Waals surface area contributed by atoms with Gasteiger partial charge in [0, 0.05) is 18.2 Å². The van der Waals surface area contributed by atoms with Crippen molar-refractivity contribution < 1.29 is 27.4 Å². The van der Waals surface area contributed by atoms with Crippen molar-refractivity contribution in [2.24, 2.45) is 0 Å². The lowest BCUT2D eigenvalue weighted by Gasteiger charge is -2.16. The first-order chi connectivity index (χ1) is 16.4. The molecule has 1 atom stereocenters. The number of fused-ring (bicyclic) bond motifs is 1. The SMILES string of the molecule is C[C@H](NS(=O)(=O)c1ccc2c(c1)OCCCO2)C(=O)Nc1ccc(OCc2ccccc2)cc1. The minimum atomic E-state index is -3.95. The molecule has 1 aliphatic rings. The van der Waals surface area contributed by atoms with Crippen molar-refractivity contribution >= 4 is 21.6 Å². The zero-order valence-corrected chi connectivity index (χ0v) is 19.5. The topological polar surface area (TPSA) is 103 Å². The predicted molar refractivity (Wildman–Crippen MR) is 128 cm³/mol. The molecule has 9 heteroatoms. The van der Waals surface area contributed by atoms with Gasteiger partial charge >= 0.3 is 0 Å². The van der Waals surface area contributed by atoms with Gasteiger partial charge in [-0.15, -0.1) is 0 Å². The number of hydrogen-bond donors (Lipinski definition) is 2. The third-order valence-electron chi connectivity index (χ3n) is 5.12. The molecule has 0 aliphatic carbocycles. The van der Waals surface area contributed by atoms with Gasteiger partial charge in [0.1, 0.15) is 12.4 Å². The highest BCUT2D eigenvalue weighted by Crippen LogP contribution is 2.32. The number of carbonyl (C=O) groups excluding carboxylic acids is 1. The van der Waals surface area contributed by atoms with Crippen LogP contribution in [0.1, 0.15) is 18.9 Å². The molecule has 34 heavy (non-hydrogen) atoms. The van der Waals surface area contributed by atoms with E-state index in [0.29, 0.717) is 49.2 Å². The van der Waals surface area contributed by atoms with Crippen LogP contribution in [0.5, 0.6) is 17.2 Å². The van der Waals surface area contributed by atoms with Gasteiger partial charge < -0.3 is 19.5 Å². The number of rotatable bonds is 8. The maximum Gasteiger partial charge on any atom is 0.242 e. The van der Waals surface area contributed by atoms with E-state index in [1.165, 1.54) is 19.1 Å². The Labute approximate surface area is 198 Å². The molecule has 0 saturated carbocycles. The van der Waals surface area contributed by atoms with Gasteiger partial charge in [0.2, 0.25) is 15.9 Å². The lowest BCUT2D eigenvalue weighted by Crippen LogP contribution is -2.41. The van der Waals surface area contributed by atoms with Crippen LogP contribution in [0.25, 0.3) is 0 Å². The van der Waals surface area contributed by atoms with Crippen molar-refractivity contribution in [3.8, 4) is 17.2 Å². The van der Waals surface area contributed by atoms with Crippen LogP contribution in [-0.4, -0.2) is 33.6 Å². The van der Waals surface area contributed by atoms with Crippen LogP contribution in [0, 0.1) is 0 Å². The molecule has 1 aliphatic heterocycles. The van der Waals surface area contributed by atoms with E-state index in [-0.39, 0.29) is 4.90 Å². The minimum absolute atomic E-state index is 0.00341. The average Bonchev–Trinajstić information content (AvgIpc) is 3.09. The van der Waals surface area contributed by atoms with Gasteiger partial charge in [-0.3, -0.25) is 4.79 Å². The Morgan fingerprint density at radius 2 is 1.68 bits per heavy atom. The number of ether oxygens (including phenoxy) is 3. The molecule has 0 spiro atoms. The van der Waals surface area contributed by atoms with Crippen molar-refractivity contribution in [1.82, 2.24) is 4.72 Å². The van der Waals surface area contributed by atoms with Gasteiger partial charge in [0.15, 0.2) is 11.5 Å². The van der Waals surface area contributed by atoms with Crippen LogP contribution in [0.15, 0.2) is 77.7 Å². The number of carbonyl (C=O) groups is 1. The Kier molecular flexibility index (Phi) is 7.34. The monoisotopic (exact) mass is 482 g/mol. The highest BCUT2D eigenvalue weighted by atomic mass is 32.2. The predicted octanol–water partition coefficient (Wildman–Crippen LogP) is 3.73. The summed E-state index contributed by atoms with van der Waals surface area (Å²) in [7, 11) is -3.95. The fraction of sp³-hybridized carbons (Fsp3) is 0.240. The third-order valence-corrected chi connectivity index (χ3v) is 6.66. The summed E-state index contributed by atoms with van der Waals surface area (Å²) in [6.07, 6.45) is 0.715. The highest BCUT2D eigenvalue weighted by molar-refractivity contribution is 7.89.